The number of aryl methyl sites for hydroxylation is 1. The molecule has 0 atom stereocenters. The molecule has 1 N–H and O–H groups in total. The summed E-state index contributed by atoms with van der Waals surface area (Å²) < 4.78 is 34.7. The van der Waals surface area contributed by atoms with Gasteiger partial charge in [0.25, 0.3) is 0 Å². The molecule has 0 spiro atoms. The molecule has 0 amide bonds. The molecule has 1 aromatic carbocycles. The van der Waals surface area contributed by atoms with Gasteiger partial charge in [0.05, 0.1) is 28.6 Å². The molecule has 1 fully saturated rings. The van der Waals surface area contributed by atoms with E-state index >= 15 is 0 Å². The molecule has 29 heavy (non-hydrogen) atoms. The van der Waals surface area contributed by atoms with Gasteiger partial charge < -0.3 is 4.52 Å². The van der Waals surface area contributed by atoms with E-state index in [1.54, 1.807) is 19.1 Å². The summed E-state index contributed by atoms with van der Waals surface area (Å²) in [6, 6.07) is 6.66. The SMILES string of the molecule is CCN(CC)Cc1nc(C2(NS(=O)(=O)c3cc(C#N)ccc3C)CCCC2)no1. The topological polar surface area (TPSA) is 112 Å². The third-order valence-electron chi connectivity index (χ3n) is 5.54. The van der Waals surface area contributed by atoms with Gasteiger partial charge in [0, 0.05) is 0 Å². The fourth-order valence-corrected chi connectivity index (χ4v) is 5.47. The molecule has 8 nitrogen and oxygen atoms in total. The number of aromatic nitrogens is 2. The van der Waals surface area contributed by atoms with Crippen molar-refractivity contribution in [2.75, 3.05) is 13.1 Å². The van der Waals surface area contributed by atoms with Gasteiger partial charge in [-0.2, -0.15) is 15.0 Å². The van der Waals surface area contributed by atoms with Crippen LogP contribution in [-0.4, -0.2) is 36.5 Å². The van der Waals surface area contributed by atoms with Gasteiger partial charge in [-0.05, 0) is 50.6 Å². The van der Waals surface area contributed by atoms with E-state index in [0.29, 0.717) is 42.2 Å². The minimum Gasteiger partial charge on any atom is -0.338 e. The second-order valence-corrected chi connectivity index (χ2v) is 9.11. The summed E-state index contributed by atoms with van der Waals surface area (Å²) in [5.74, 6) is 0.867. The van der Waals surface area contributed by atoms with Crippen LogP contribution in [0.2, 0.25) is 0 Å². The van der Waals surface area contributed by atoms with E-state index in [2.05, 4.69) is 33.6 Å². The van der Waals surface area contributed by atoms with Crippen LogP contribution in [0.15, 0.2) is 27.6 Å². The van der Waals surface area contributed by atoms with Crippen LogP contribution in [0, 0.1) is 18.3 Å². The Morgan fingerprint density at radius 1 is 1.28 bits per heavy atom. The van der Waals surface area contributed by atoms with Gasteiger partial charge in [0.15, 0.2) is 5.82 Å². The molecule has 0 unspecified atom stereocenters. The van der Waals surface area contributed by atoms with Gasteiger partial charge in [-0.1, -0.05) is 37.9 Å². The van der Waals surface area contributed by atoms with Crippen LogP contribution >= 0.6 is 0 Å². The molecule has 3 rings (SSSR count). The number of sulfonamides is 1. The van der Waals surface area contributed by atoms with Gasteiger partial charge in [-0.3, -0.25) is 4.90 Å². The van der Waals surface area contributed by atoms with Crippen LogP contribution in [0.3, 0.4) is 0 Å². The highest BCUT2D eigenvalue weighted by atomic mass is 32.2. The van der Waals surface area contributed by atoms with Crippen molar-refractivity contribution in [3.8, 4) is 6.07 Å². The second-order valence-electron chi connectivity index (χ2n) is 7.46. The Labute approximate surface area is 172 Å². The molecule has 0 aliphatic heterocycles. The average molecular weight is 418 g/mol. The summed E-state index contributed by atoms with van der Waals surface area (Å²) in [6.07, 6.45) is 2.96. The van der Waals surface area contributed by atoms with Crippen molar-refractivity contribution in [3.63, 3.8) is 0 Å². The van der Waals surface area contributed by atoms with Crippen LogP contribution in [0.1, 0.15) is 62.4 Å². The minimum atomic E-state index is -3.87. The maximum atomic E-state index is 13.2. The first-order valence-electron chi connectivity index (χ1n) is 9.93. The predicted molar refractivity (Wildman–Crippen MR) is 107 cm³/mol. The lowest BCUT2D eigenvalue weighted by atomic mass is 9.98. The number of rotatable bonds is 8. The number of hydrogen-bond acceptors (Lipinski definition) is 7. The second kappa shape index (κ2) is 8.61. The Balaban J connectivity index is 1.92. The van der Waals surface area contributed by atoms with Crippen LogP contribution in [0.4, 0.5) is 0 Å². The molecule has 1 heterocycles. The normalized spacial score (nSPS) is 16.2. The van der Waals surface area contributed by atoms with Gasteiger partial charge >= 0.3 is 0 Å². The zero-order valence-corrected chi connectivity index (χ0v) is 17.9. The third kappa shape index (κ3) is 4.50. The lowest BCUT2D eigenvalue weighted by molar-refractivity contribution is 0.244. The van der Waals surface area contributed by atoms with Crippen molar-refractivity contribution in [2.45, 2.75) is 63.4 Å². The largest absolute Gasteiger partial charge is 0.338 e. The molecular weight excluding hydrogens is 390 g/mol. The highest BCUT2D eigenvalue weighted by Crippen LogP contribution is 2.39. The maximum absolute atomic E-state index is 13.2. The minimum absolute atomic E-state index is 0.106. The van der Waals surface area contributed by atoms with Crippen LogP contribution in [0.5, 0.6) is 0 Å². The zero-order valence-electron chi connectivity index (χ0n) is 17.1. The summed E-state index contributed by atoms with van der Waals surface area (Å²) in [5, 5.41) is 13.3. The molecule has 1 saturated carbocycles. The lowest BCUT2D eigenvalue weighted by Gasteiger charge is -2.26. The van der Waals surface area contributed by atoms with Crippen molar-refractivity contribution in [3.05, 3.63) is 41.0 Å². The highest BCUT2D eigenvalue weighted by Gasteiger charge is 2.44. The third-order valence-corrected chi connectivity index (χ3v) is 7.22. The molecule has 1 aliphatic rings. The quantitative estimate of drug-likeness (QED) is 0.703. The Kier molecular flexibility index (Phi) is 6.36. The summed E-state index contributed by atoms with van der Waals surface area (Å²) in [7, 11) is -3.87. The van der Waals surface area contributed by atoms with E-state index in [9.17, 15) is 8.42 Å². The Morgan fingerprint density at radius 2 is 1.97 bits per heavy atom. The van der Waals surface area contributed by atoms with Gasteiger partial charge in [0.1, 0.15) is 0 Å². The Bertz CT molecular complexity index is 999. The van der Waals surface area contributed by atoms with E-state index in [1.165, 1.54) is 6.07 Å². The monoisotopic (exact) mass is 417 g/mol. The summed E-state index contributed by atoms with van der Waals surface area (Å²) in [5.41, 5.74) is -0.00338. The Hall–Kier alpha value is -2.28. The van der Waals surface area contributed by atoms with E-state index in [4.69, 9.17) is 9.78 Å². The van der Waals surface area contributed by atoms with E-state index in [1.807, 2.05) is 6.07 Å². The molecule has 9 heteroatoms. The Morgan fingerprint density at radius 3 is 2.59 bits per heavy atom. The van der Waals surface area contributed by atoms with Crippen LogP contribution in [-0.2, 0) is 22.1 Å². The van der Waals surface area contributed by atoms with E-state index in [-0.39, 0.29) is 4.90 Å². The van der Waals surface area contributed by atoms with Crippen molar-refractivity contribution >= 4 is 10.0 Å². The molecule has 0 saturated heterocycles. The number of benzene rings is 1. The number of hydrogen-bond donors (Lipinski definition) is 1. The molecule has 1 aliphatic carbocycles. The van der Waals surface area contributed by atoms with Crippen molar-refractivity contribution < 1.29 is 12.9 Å². The smallest absolute Gasteiger partial charge is 0.241 e. The van der Waals surface area contributed by atoms with Gasteiger partial charge in [-0.25, -0.2) is 8.42 Å². The zero-order chi connectivity index (χ0) is 21.1. The van der Waals surface area contributed by atoms with Crippen LogP contribution in [0.25, 0.3) is 0 Å². The molecule has 0 bridgehead atoms. The fourth-order valence-electron chi connectivity index (χ4n) is 3.77. The van der Waals surface area contributed by atoms with Crippen molar-refractivity contribution in [2.24, 2.45) is 0 Å². The highest BCUT2D eigenvalue weighted by molar-refractivity contribution is 7.89. The standard InChI is InChI=1S/C20H27N5O3S/c1-4-25(5-2)14-18-22-19(23-28-18)20(10-6-7-11-20)24-29(26,27)17-12-16(13-21)9-8-15(17)3/h8-9,12,24H,4-7,10-11,14H2,1-3H3. The first kappa shape index (κ1) is 21.4. The molecular formula is C20H27N5O3S. The molecule has 156 valence electrons. The average Bonchev–Trinajstić information content (AvgIpc) is 3.36. The van der Waals surface area contributed by atoms with Gasteiger partial charge in [0.2, 0.25) is 15.9 Å². The summed E-state index contributed by atoms with van der Waals surface area (Å²) in [4.78, 5) is 6.79. The first-order valence-corrected chi connectivity index (χ1v) is 11.4. The first-order chi connectivity index (χ1) is 13.8. The summed E-state index contributed by atoms with van der Waals surface area (Å²) >= 11 is 0. The summed E-state index contributed by atoms with van der Waals surface area (Å²) in [6.45, 7) is 8.09. The van der Waals surface area contributed by atoms with Crippen molar-refractivity contribution in [1.82, 2.24) is 19.8 Å². The van der Waals surface area contributed by atoms with E-state index in [0.717, 1.165) is 25.9 Å². The fraction of sp³-hybridized carbons (Fsp3) is 0.550. The number of nitrogens with one attached hydrogen (secondary N) is 1. The van der Waals surface area contributed by atoms with E-state index < -0.39 is 15.6 Å². The van der Waals surface area contributed by atoms with Crippen LogP contribution < -0.4 is 4.72 Å². The molecule has 0 radical (unpaired) electrons. The van der Waals surface area contributed by atoms with Crippen molar-refractivity contribution in [1.29, 1.82) is 5.26 Å². The maximum Gasteiger partial charge on any atom is 0.241 e. The molecule has 1 aromatic heterocycles. The molecule has 2 aromatic rings. The number of nitriles is 1. The predicted octanol–water partition coefficient (Wildman–Crippen LogP) is 2.84. The number of nitrogens with zero attached hydrogens (tertiary/aromatic N) is 4. The lowest BCUT2D eigenvalue weighted by Crippen LogP contribution is -2.44. The van der Waals surface area contributed by atoms with Gasteiger partial charge in [-0.15, -0.1) is 0 Å².